The fourth-order valence-electron chi connectivity index (χ4n) is 2.92. The molecule has 0 radical (unpaired) electrons. The first kappa shape index (κ1) is 19.4. The van der Waals surface area contributed by atoms with Crippen LogP contribution < -0.4 is 5.32 Å². The van der Waals surface area contributed by atoms with Gasteiger partial charge in [-0.2, -0.15) is 0 Å². The van der Waals surface area contributed by atoms with Crippen molar-refractivity contribution in [1.29, 1.82) is 0 Å². The fourth-order valence-corrected chi connectivity index (χ4v) is 4.07. The van der Waals surface area contributed by atoms with Crippen molar-refractivity contribution < 1.29 is 14.0 Å². The molecular weight excluding hydrogens is 363 g/mol. The third-order valence-corrected chi connectivity index (χ3v) is 5.59. The van der Waals surface area contributed by atoms with Crippen molar-refractivity contribution in [3.63, 3.8) is 0 Å². The number of hydrogen-bond acceptors (Lipinski definition) is 3. The molecule has 0 aliphatic carbocycles. The third-order valence-electron chi connectivity index (χ3n) is 4.58. The highest BCUT2D eigenvalue weighted by molar-refractivity contribution is 7.99. The summed E-state index contributed by atoms with van der Waals surface area (Å²) >= 11 is 1.51. The van der Waals surface area contributed by atoms with E-state index in [0.29, 0.717) is 17.2 Å². The van der Waals surface area contributed by atoms with Gasteiger partial charge >= 0.3 is 0 Å². The quantitative estimate of drug-likeness (QED) is 0.857. The van der Waals surface area contributed by atoms with Gasteiger partial charge in [0.1, 0.15) is 11.9 Å². The molecular formula is C21H23FN2O2S. The van der Waals surface area contributed by atoms with E-state index in [1.54, 1.807) is 29.2 Å². The van der Waals surface area contributed by atoms with Gasteiger partial charge in [-0.3, -0.25) is 9.59 Å². The number of carbonyl (C=O) groups excluding carboxylic acids is 2. The Morgan fingerprint density at radius 1 is 1.11 bits per heavy atom. The lowest BCUT2D eigenvalue weighted by Crippen LogP contribution is -2.44. The molecule has 2 aromatic rings. The molecule has 2 amide bonds. The van der Waals surface area contributed by atoms with Gasteiger partial charge in [0.2, 0.25) is 5.91 Å². The molecule has 6 heteroatoms. The zero-order valence-corrected chi connectivity index (χ0v) is 16.5. The van der Waals surface area contributed by atoms with Crippen LogP contribution in [-0.4, -0.2) is 34.4 Å². The van der Waals surface area contributed by atoms with E-state index in [-0.39, 0.29) is 22.9 Å². The standard InChI is InChI=1S/C21H23FN2O2S/c1-21(2,3)15-10-8-14(9-11-15)20(26)24-13-27-12-18(24)19(25)23-17-7-5-4-6-16(17)22/h4-11,18H,12-13H2,1-3H3,(H,23,25). The van der Waals surface area contributed by atoms with Gasteiger partial charge in [0.15, 0.2) is 0 Å². The van der Waals surface area contributed by atoms with Crippen LogP contribution in [0.25, 0.3) is 0 Å². The number of hydrogen-bond donors (Lipinski definition) is 1. The van der Waals surface area contributed by atoms with Crippen molar-refractivity contribution in [2.45, 2.75) is 32.2 Å². The van der Waals surface area contributed by atoms with Crippen molar-refractivity contribution >= 4 is 29.3 Å². The number of rotatable bonds is 3. The second kappa shape index (κ2) is 7.72. The van der Waals surface area contributed by atoms with Crippen LogP contribution in [0.5, 0.6) is 0 Å². The lowest BCUT2D eigenvalue weighted by Gasteiger charge is -2.24. The lowest BCUT2D eigenvalue weighted by atomic mass is 9.86. The molecule has 1 aliphatic rings. The van der Waals surface area contributed by atoms with Crippen LogP contribution in [0.3, 0.4) is 0 Å². The number of amides is 2. The van der Waals surface area contributed by atoms with Crippen molar-refractivity contribution in [1.82, 2.24) is 4.90 Å². The Labute approximate surface area is 163 Å². The first-order valence-electron chi connectivity index (χ1n) is 8.82. The number of nitrogens with zero attached hydrogens (tertiary/aromatic N) is 1. The Morgan fingerprint density at radius 3 is 2.41 bits per heavy atom. The van der Waals surface area contributed by atoms with E-state index in [2.05, 4.69) is 26.1 Å². The molecule has 1 saturated heterocycles. The van der Waals surface area contributed by atoms with E-state index in [4.69, 9.17) is 0 Å². The van der Waals surface area contributed by atoms with E-state index >= 15 is 0 Å². The highest BCUT2D eigenvalue weighted by atomic mass is 32.2. The normalized spacial score (nSPS) is 17.0. The summed E-state index contributed by atoms with van der Waals surface area (Å²) in [4.78, 5) is 27.1. The molecule has 0 bridgehead atoms. The molecule has 1 N–H and O–H groups in total. The van der Waals surface area contributed by atoms with E-state index in [0.717, 1.165) is 5.56 Å². The number of nitrogens with one attached hydrogen (secondary N) is 1. The predicted octanol–water partition coefficient (Wildman–Crippen LogP) is 4.28. The van der Waals surface area contributed by atoms with Gasteiger partial charge in [-0.05, 0) is 35.2 Å². The predicted molar refractivity (Wildman–Crippen MR) is 107 cm³/mol. The summed E-state index contributed by atoms with van der Waals surface area (Å²) in [7, 11) is 0. The maximum atomic E-state index is 13.8. The Kier molecular flexibility index (Phi) is 5.56. The smallest absolute Gasteiger partial charge is 0.255 e. The van der Waals surface area contributed by atoms with Gasteiger partial charge in [-0.15, -0.1) is 11.8 Å². The minimum atomic E-state index is -0.621. The first-order chi connectivity index (χ1) is 12.8. The van der Waals surface area contributed by atoms with Gasteiger partial charge in [-0.25, -0.2) is 4.39 Å². The van der Waals surface area contributed by atoms with E-state index in [9.17, 15) is 14.0 Å². The molecule has 1 aliphatic heterocycles. The summed E-state index contributed by atoms with van der Waals surface area (Å²) in [6, 6.07) is 12.9. The van der Waals surface area contributed by atoms with Crippen LogP contribution in [-0.2, 0) is 10.2 Å². The van der Waals surface area contributed by atoms with Crippen LogP contribution >= 0.6 is 11.8 Å². The largest absolute Gasteiger partial charge is 0.322 e. The average molecular weight is 386 g/mol. The molecule has 1 heterocycles. The van der Waals surface area contributed by atoms with E-state index in [1.807, 2.05) is 12.1 Å². The molecule has 1 atom stereocenters. The molecule has 4 nitrogen and oxygen atoms in total. The summed E-state index contributed by atoms with van der Waals surface area (Å²) < 4.78 is 13.8. The highest BCUT2D eigenvalue weighted by Gasteiger charge is 2.35. The molecule has 1 unspecified atom stereocenters. The van der Waals surface area contributed by atoms with Gasteiger partial charge in [-0.1, -0.05) is 45.0 Å². The Bertz CT molecular complexity index is 846. The van der Waals surface area contributed by atoms with Crippen molar-refractivity contribution in [3.8, 4) is 0 Å². The van der Waals surface area contributed by atoms with Crippen LogP contribution in [0, 0.1) is 5.82 Å². The molecule has 1 fully saturated rings. The van der Waals surface area contributed by atoms with Crippen molar-refractivity contribution in [2.75, 3.05) is 16.9 Å². The topological polar surface area (TPSA) is 49.4 Å². The minimum absolute atomic E-state index is 0.00719. The molecule has 142 valence electrons. The maximum Gasteiger partial charge on any atom is 0.255 e. The summed E-state index contributed by atoms with van der Waals surface area (Å²) in [5.41, 5.74) is 1.83. The summed E-state index contributed by atoms with van der Waals surface area (Å²) in [5, 5.41) is 2.60. The zero-order chi connectivity index (χ0) is 19.6. The second-order valence-electron chi connectivity index (χ2n) is 7.59. The monoisotopic (exact) mass is 386 g/mol. The molecule has 0 saturated carbocycles. The van der Waals surface area contributed by atoms with Crippen LogP contribution in [0.15, 0.2) is 48.5 Å². The van der Waals surface area contributed by atoms with E-state index in [1.165, 1.54) is 23.9 Å². The highest BCUT2D eigenvalue weighted by Crippen LogP contribution is 2.26. The number of halogens is 1. The van der Waals surface area contributed by atoms with Gasteiger partial charge in [0.05, 0.1) is 11.6 Å². The summed E-state index contributed by atoms with van der Waals surface area (Å²) in [5.74, 6) is -0.118. The third kappa shape index (κ3) is 4.33. The maximum absolute atomic E-state index is 13.8. The Balaban J connectivity index is 1.74. The molecule has 2 aromatic carbocycles. The average Bonchev–Trinajstić information content (AvgIpc) is 3.12. The van der Waals surface area contributed by atoms with Crippen LogP contribution in [0.1, 0.15) is 36.7 Å². The lowest BCUT2D eigenvalue weighted by molar-refractivity contribution is -0.119. The molecule has 0 spiro atoms. The van der Waals surface area contributed by atoms with E-state index < -0.39 is 11.9 Å². The van der Waals surface area contributed by atoms with Crippen LogP contribution in [0.2, 0.25) is 0 Å². The minimum Gasteiger partial charge on any atom is -0.322 e. The summed E-state index contributed by atoms with van der Waals surface area (Å²) in [6.45, 7) is 6.35. The molecule has 27 heavy (non-hydrogen) atoms. The number of carbonyl (C=O) groups is 2. The van der Waals surface area contributed by atoms with Crippen molar-refractivity contribution in [3.05, 3.63) is 65.5 Å². The molecule has 0 aromatic heterocycles. The van der Waals surface area contributed by atoms with Gasteiger partial charge < -0.3 is 10.2 Å². The Morgan fingerprint density at radius 2 is 1.78 bits per heavy atom. The van der Waals surface area contributed by atoms with Crippen LogP contribution in [0.4, 0.5) is 10.1 Å². The molecule has 3 rings (SSSR count). The first-order valence-corrected chi connectivity index (χ1v) is 9.97. The number of para-hydroxylation sites is 1. The summed E-state index contributed by atoms with van der Waals surface area (Å²) in [6.07, 6.45) is 0. The fraction of sp³-hybridized carbons (Fsp3) is 0.333. The number of anilines is 1. The number of benzene rings is 2. The number of thioether (sulfide) groups is 1. The van der Waals surface area contributed by atoms with Gasteiger partial charge in [0, 0.05) is 11.3 Å². The zero-order valence-electron chi connectivity index (χ0n) is 15.7. The van der Waals surface area contributed by atoms with Crippen molar-refractivity contribution in [2.24, 2.45) is 0 Å². The van der Waals surface area contributed by atoms with Gasteiger partial charge in [0.25, 0.3) is 5.91 Å². The Hall–Kier alpha value is -2.34. The SMILES string of the molecule is CC(C)(C)c1ccc(C(=O)N2CSCC2C(=O)Nc2ccccc2F)cc1. The second-order valence-corrected chi connectivity index (χ2v) is 8.59.